The van der Waals surface area contributed by atoms with Gasteiger partial charge in [0.2, 0.25) is 0 Å². The molecule has 0 amide bonds. The second-order valence-corrected chi connectivity index (χ2v) is 7.12. The van der Waals surface area contributed by atoms with Gasteiger partial charge in [-0.25, -0.2) is 4.68 Å². The number of anilines is 1. The van der Waals surface area contributed by atoms with Gasteiger partial charge in [-0.05, 0) is 12.1 Å². The van der Waals surface area contributed by atoms with Gasteiger partial charge in [-0.1, -0.05) is 36.4 Å². The zero-order valence-corrected chi connectivity index (χ0v) is 16.4. The average molecular weight is 385 g/mol. The highest BCUT2D eigenvalue weighted by Crippen LogP contribution is 2.34. The van der Waals surface area contributed by atoms with E-state index in [0.717, 1.165) is 34.0 Å². The largest absolute Gasteiger partial charge is 0.363 e. The maximum atomic E-state index is 7.65. The van der Waals surface area contributed by atoms with Crippen LogP contribution in [-0.2, 0) is 0 Å². The first-order chi connectivity index (χ1) is 14.1. The number of nitrogens with one attached hydrogen (secondary N) is 3. The van der Waals surface area contributed by atoms with Crippen molar-refractivity contribution in [2.24, 2.45) is 5.92 Å². The minimum Gasteiger partial charge on any atom is -0.363 e. The van der Waals surface area contributed by atoms with Crippen molar-refractivity contribution in [2.75, 3.05) is 19.4 Å². The first-order valence-electron chi connectivity index (χ1n) is 9.39. The molecule has 2 aromatic heterocycles. The van der Waals surface area contributed by atoms with Crippen LogP contribution in [0.25, 0.3) is 28.2 Å². The van der Waals surface area contributed by atoms with Gasteiger partial charge in [0, 0.05) is 49.4 Å². The van der Waals surface area contributed by atoms with E-state index in [-0.39, 0.29) is 12.0 Å². The molecule has 1 atom stereocenters. The summed E-state index contributed by atoms with van der Waals surface area (Å²) in [5, 5.41) is 23.3. The van der Waals surface area contributed by atoms with Crippen LogP contribution in [0, 0.1) is 16.7 Å². The van der Waals surface area contributed by atoms with Crippen LogP contribution in [0.3, 0.4) is 0 Å². The third-order valence-corrected chi connectivity index (χ3v) is 5.02. The number of benzene rings is 1. The van der Waals surface area contributed by atoms with Crippen molar-refractivity contribution in [3.63, 3.8) is 0 Å². The van der Waals surface area contributed by atoms with Gasteiger partial charge in [0.15, 0.2) is 0 Å². The summed E-state index contributed by atoms with van der Waals surface area (Å²) in [6.07, 6.45) is 8.26. The van der Waals surface area contributed by atoms with E-state index >= 15 is 0 Å². The molecular weight excluding hydrogens is 362 g/mol. The second-order valence-electron chi connectivity index (χ2n) is 7.12. The van der Waals surface area contributed by atoms with Crippen LogP contribution in [0.1, 0.15) is 0 Å². The Balaban J connectivity index is 1.72. The van der Waals surface area contributed by atoms with Crippen LogP contribution >= 0.6 is 0 Å². The Morgan fingerprint density at radius 1 is 1.03 bits per heavy atom. The summed E-state index contributed by atoms with van der Waals surface area (Å²) in [7, 11) is 3.92. The van der Waals surface area contributed by atoms with Crippen molar-refractivity contribution in [3.8, 4) is 22.4 Å². The van der Waals surface area contributed by atoms with Crippen LogP contribution in [0.15, 0.2) is 60.9 Å². The summed E-state index contributed by atoms with van der Waals surface area (Å²) in [4.78, 5) is 6.61. The van der Waals surface area contributed by atoms with Crippen molar-refractivity contribution >= 4 is 24.1 Å². The monoisotopic (exact) mass is 385 g/mol. The van der Waals surface area contributed by atoms with E-state index in [1.54, 1.807) is 0 Å². The average Bonchev–Trinajstić information content (AvgIpc) is 3.19. The number of hydrogen-bond acceptors (Lipinski definition) is 6. The zero-order chi connectivity index (χ0) is 20.4. The fourth-order valence-electron chi connectivity index (χ4n) is 3.44. The number of nitrogens with zero attached hydrogens (tertiary/aromatic N) is 4. The van der Waals surface area contributed by atoms with Crippen molar-refractivity contribution in [2.45, 2.75) is 6.04 Å². The SMILES string of the molecule is CN(C)C1=CC(C(C=N)C=N)Nc2c(-c3ccc(-c4ccccc4)nc3)cnn21. The minimum absolute atomic E-state index is 0.193. The van der Waals surface area contributed by atoms with Gasteiger partial charge in [-0.15, -0.1) is 0 Å². The van der Waals surface area contributed by atoms with Gasteiger partial charge in [0.25, 0.3) is 0 Å². The molecule has 7 heteroatoms. The summed E-state index contributed by atoms with van der Waals surface area (Å²) in [5.74, 6) is 1.40. The van der Waals surface area contributed by atoms with Gasteiger partial charge >= 0.3 is 0 Å². The predicted molar refractivity (Wildman–Crippen MR) is 117 cm³/mol. The van der Waals surface area contributed by atoms with Crippen molar-refractivity contribution in [3.05, 3.63) is 60.9 Å². The third-order valence-electron chi connectivity index (χ3n) is 5.02. The topological polar surface area (TPSA) is 93.7 Å². The van der Waals surface area contributed by atoms with E-state index in [4.69, 9.17) is 10.8 Å². The number of aromatic nitrogens is 3. The maximum Gasteiger partial charge on any atom is 0.139 e. The summed E-state index contributed by atoms with van der Waals surface area (Å²) in [5.41, 5.74) is 3.89. The normalized spacial score (nSPS) is 16.2. The highest BCUT2D eigenvalue weighted by atomic mass is 15.4. The molecule has 146 valence electrons. The molecular formula is C22H23N7. The van der Waals surface area contributed by atoms with Crippen molar-refractivity contribution < 1.29 is 0 Å². The van der Waals surface area contributed by atoms with Crippen molar-refractivity contribution in [1.29, 1.82) is 10.8 Å². The molecule has 4 rings (SSSR count). The molecule has 0 bridgehead atoms. The van der Waals surface area contributed by atoms with Gasteiger partial charge in [-0.3, -0.25) is 4.98 Å². The van der Waals surface area contributed by atoms with Crippen LogP contribution < -0.4 is 5.32 Å². The lowest BCUT2D eigenvalue weighted by molar-refractivity contribution is 0.529. The lowest BCUT2D eigenvalue weighted by Gasteiger charge is -2.30. The molecule has 1 aliphatic rings. The lowest BCUT2D eigenvalue weighted by atomic mass is 10.00. The highest BCUT2D eigenvalue weighted by molar-refractivity contribution is 5.86. The Hall–Kier alpha value is -3.74. The predicted octanol–water partition coefficient (Wildman–Crippen LogP) is 3.68. The van der Waals surface area contributed by atoms with Crippen LogP contribution in [0.4, 0.5) is 5.82 Å². The summed E-state index contributed by atoms with van der Waals surface area (Å²) in [6, 6.07) is 13.9. The van der Waals surface area contributed by atoms with Gasteiger partial charge in [-0.2, -0.15) is 5.10 Å². The fourth-order valence-corrected chi connectivity index (χ4v) is 3.44. The van der Waals surface area contributed by atoms with E-state index in [0.29, 0.717) is 0 Å². The van der Waals surface area contributed by atoms with Gasteiger partial charge < -0.3 is 21.0 Å². The van der Waals surface area contributed by atoms with E-state index in [1.807, 2.05) is 84.6 Å². The minimum atomic E-state index is -0.333. The Kier molecular flexibility index (Phi) is 4.95. The Morgan fingerprint density at radius 3 is 2.41 bits per heavy atom. The smallest absolute Gasteiger partial charge is 0.139 e. The van der Waals surface area contributed by atoms with Crippen LogP contribution in [0.5, 0.6) is 0 Å². The van der Waals surface area contributed by atoms with E-state index in [1.165, 1.54) is 12.4 Å². The molecule has 3 N–H and O–H groups in total. The first-order valence-corrected chi connectivity index (χ1v) is 9.39. The molecule has 3 heterocycles. The molecule has 0 saturated carbocycles. The Morgan fingerprint density at radius 2 is 1.79 bits per heavy atom. The van der Waals surface area contributed by atoms with Gasteiger partial charge in [0.05, 0.1) is 23.9 Å². The molecule has 7 nitrogen and oxygen atoms in total. The summed E-state index contributed by atoms with van der Waals surface area (Å²) in [6.45, 7) is 0. The van der Waals surface area contributed by atoms with E-state index in [2.05, 4.69) is 15.4 Å². The van der Waals surface area contributed by atoms with Crippen molar-refractivity contribution in [1.82, 2.24) is 19.7 Å². The first kappa shape index (κ1) is 18.6. The summed E-state index contributed by atoms with van der Waals surface area (Å²) >= 11 is 0. The molecule has 0 fully saturated rings. The molecule has 3 aromatic rings. The Bertz CT molecular complexity index is 1040. The second kappa shape index (κ2) is 7.71. The fraction of sp³-hybridized carbons (Fsp3) is 0.182. The number of fused-ring (bicyclic) bond motifs is 1. The molecule has 1 aliphatic heterocycles. The van der Waals surface area contributed by atoms with E-state index in [9.17, 15) is 0 Å². The highest BCUT2D eigenvalue weighted by Gasteiger charge is 2.27. The molecule has 0 aliphatic carbocycles. The quantitative estimate of drug-likeness (QED) is 0.564. The Labute approximate surface area is 169 Å². The maximum absolute atomic E-state index is 7.65. The zero-order valence-electron chi connectivity index (χ0n) is 16.4. The standard InChI is InChI=1S/C22H23N7/c1-28(2)21-10-20(17(11-23)12-24)27-22-18(14-26-29(21)22)16-8-9-19(25-13-16)15-6-4-3-5-7-15/h3-14,17,20,23-24,27H,1-2H3. The molecule has 0 saturated heterocycles. The summed E-state index contributed by atoms with van der Waals surface area (Å²) < 4.78 is 1.85. The van der Waals surface area contributed by atoms with E-state index < -0.39 is 0 Å². The number of rotatable bonds is 6. The molecule has 1 aromatic carbocycles. The molecule has 1 unspecified atom stereocenters. The number of hydrogen-bond donors (Lipinski definition) is 3. The molecule has 0 radical (unpaired) electrons. The number of pyridine rings is 1. The molecule has 0 spiro atoms. The van der Waals surface area contributed by atoms with Crippen LogP contribution in [-0.4, -0.2) is 52.2 Å². The van der Waals surface area contributed by atoms with Crippen LogP contribution in [0.2, 0.25) is 0 Å². The lowest BCUT2D eigenvalue weighted by Crippen LogP contribution is -2.36. The van der Waals surface area contributed by atoms with Gasteiger partial charge in [0.1, 0.15) is 11.6 Å². The third kappa shape index (κ3) is 3.42. The molecule has 29 heavy (non-hydrogen) atoms.